The summed E-state index contributed by atoms with van der Waals surface area (Å²) in [7, 11) is 0. The van der Waals surface area contributed by atoms with Crippen molar-refractivity contribution in [2.24, 2.45) is 0 Å². The summed E-state index contributed by atoms with van der Waals surface area (Å²) >= 11 is 0. The molecular weight excluding hydrogens is 340 g/mol. The average Bonchev–Trinajstić information content (AvgIpc) is 3.33. The third-order valence-corrected chi connectivity index (χ3v) is 4.16. The van der Waals surface area contributed by atoms with E-state index in [1.54, 1.807) is 4.57 Å². The topological polar surface area (TPSA) is 73.0 Å². The number of anilines is 1. The molecule has 6 heteroatoms. The van der Waals surface area contributed by atoms with Gasteiger partial charge in [0.15, 0.2) is 0 Å². The largest absolute Gasteiger partial charge is 0.334 e. The molecule has 0 saturated carbocycles. The average molecular weight is 358 g/mol. The maximum absolute atomic E-state index is 12.4. The van der Waals surface area contributed by atoms with Gasteiger partial charge in [0.05, 0.1) is 0 Å². The minimum Gasteiger partial charge on any atom is -0.334 e. The Morgan fingerprint density at radius 3 is 2.59 bits per heavy atom. The van der Waals surface area contributed by atoms with Crippen molar-refractivity contribution in [1.29, 1.82) is 0 Å². The van der Waals surface area contributed by atoms with Gasteiger partial charge in [-0.3, -0.25) is 4.79 Å². The highest BCUT2D eigenvalue weighted by Gasteiger charge is 2.15. The number of hydrogen-bond acceptors (Lipinski definition) is 4. The van der Waals surface area contributed by atoms with E-state index >= 15 is 0 Å². The first kappa shape index (κ1) is 16.8. The van der Waals surface area contributed by atoms with Crippen LogP contribution in [0.2, 0.25) is 0 Å². The van der Waals surface area contributed by atoms with Crippen molar-refractivity contribution < 1.29 is 9.32 Å². The molecule has 1 amide bonds. The number of carbonyl (C=O) groups is 1. The highest BCUT2D eigenvalue weighted by atomic mass is 16.5. The van der Waals surface area contributed by atoms with Crippen molar-refractivity contribution in [3.63, 3.8) is 0 Å². The molecule has 0 fully saturated rings. The standard InChI is InChI=1S/C21H18N4O2/c1-15-9-11-17(12-10-15)22-19(26)14-25-13-5-8-18(25)21-23-20(24-27-21)16-6-3-2-4-7-16/h2-13H,14H2,1H3,(H,22,26). The summed E-state index contributed by atoms with van der Waals surface area (Å²) in [5.74, 6) is 0.767. The Labute approximate surface area is 156 Å². The number of nitrogens with zero attached hydrogens (tertiary/aromatic N) is 3. The summed E-state index contributed by atoms with van der Waals surface area (Å²) < 4.78 is 7.19. The first-order chi connectivity index (χ1) is 13.2. The maximum Gasteiger partial charge on any atom is 0.274 e. The summed E-state index contributed by atoms with van der Waals surface area (Å²) in [5.41, 5.74) is 3.49. The number of aromatic nitrogens is 3. The van der Waals surface area contributed by atoms with E-state index in [1.807, 2.05) is 79.9 Å². The normalized spacial score (nSPS) is 10.7. The lowest BCUT2D eigenvalue weighted by Gasteiger charge is -2.08. The van der Waals surface area contributed by atoms with Crippen LogP contribution in [0.1, 0.15) is 5.56 Å². The molecule has 2 aromatic heterocycles. The number of carbonyl (C=O) groups excluding carboxylic acids is 1. The van der Waals surface area contributed by atoms with Crippen LogP contribution in [0.25, 0.3) is 23.0 Å². The van der Waals surface area contributed by atoms with Crippen LogP contribution < -0.4 is 5.32 Å². The summed E-state index contributed by atoms with van der Waals surface area (Å²) in [4.78, 5) is 16.8. The molecule has 0 aliphatic heterocycles. The highest BCUT2D eigenvalue weighted by molar-refractivity contribution is 5.90. The van der Waals surface area contributed by atoms with Gasteiger partial charge in [-0.15, -0.1) is 0 Å². The van der Waals surface area contributed by atoms with E-state index < -0.39 is 0 Å². The fourth-order valence-electron chi connectivity index (χ4n) is 2.77. The van der Waals surface area contributed by atoms with E-state index in [-0.39, 0.29) is 12.5 Å². The smallest absolute Gasteiger partial charge is 0.274 e. The predicted octanol–water partition coefficient (Wildman–Crippen LogP) is 4.15. The van der Waals surface area contributed by atoms with Gasteiger partial charge in [0, 0.05) is 17.4 Å². The van der Waals surface area contributed by atoms with Crippen molar-refractivity contribution in [2.75, 3.05) is 5.32 Å². The second kappa shape index (κ2) is 7.29. The Bertz CT molecular complexity index is 1050. The lowest BCUT2D eigenvalue weighted by molar-refractivity contribution is -0.116. The number of amides is 1. The van der Waals surface area contributed by atoms with E-state index in [1.165, 1.54) is 0 Å². The van der Waals surface area contributed by atoms with Crippen LogP contribution in [0, 0.1) is 6.92 Å². The van der Waals surface area contributed by atoms with Crippen molar-refractivity contribution in [3.8, 4) is 23.0 Å². The molecule has 0 radical (unpaired) electrons. The molecular formula is C21H18N4O2. The van der Waals surface area contributed by atoms with Crippen molar-refractivity contribution >= 4 is 11.6 Å². The predicted molar refractivity (Wildman–Crippen MR) is 103 cm³/mol. The number of benzene rings is 2. The molecule has 0 atom stereocenters. The zero-order valence-corrected chi connectivity index (χ0v) is 14.8. The van der Waals surface area contributed by atoms with E-state index in [4.69, 9.17) is 4.52 Å². The third-order valence-electron chi connectivity index (χ3n) is 4.16. The van der Waals surface area contributed by atoms with E-state index in [0.717, 1.165) is 16.8 Å². The molecule has 2 aromatic carbocycles. The molecule has 4 rings (SSSR count). The molecule has 1 N–H and O–H groups in total. The fourth-order valence-corrected chi connectivity index (χ4v) is 2.77. The maximum atomic E-state index is 12.4. The van der Waals surface area contributed by atoms with E-state index in [0.29, 0.717) is 17.4 Å². The van der Waals surface area contributed by atoms with Crippen LogP contribution in [-0.2, 0) is 11.3 Å². The SMILES string of the molecule is Cc1ccc(NC(=O)Cn2cccc2-c2nc(-c3ccccc3)no2)cc1. The molecule has 0 aliphatic carbocycles. The van der Waals surface area contributed by atoms with Gasteiger partial charge in [-0.25, -0.2) is 0 Å². The Morgan fingerprint density at radius 1 is 1.04 bits per heavy atom. The van der Waals surface area contributed by atoms with Gasteiger partial charge < -0.3 is 14.4 Å². The van der Waals surface area contributed by atoms with Crippen molar-refractivity contribution in [1.82, 2.24) is 14.7 Å². The fraction of sp³-hybridized carbons (Fsp3) is 0.0952. The van der Waals surface area contributed by atoms with Crippen LogP contribution >= 0.6 is 0 Å². The molecule has 27 heavy (non-hydrogen) atoms. The lowest BCUT2D eigenvalue weighted by Crippen LogP contribution is -2.18. The molecule has 0 saturated heterocycles. The van der Waals surface area contributed by atoms with Crippen LogP contribution in [0.15, 0.2) is 77.4 Å². The van der Waals surface area contributed by atoms with Crippen LogP contribution in [0.3, 0.4) is 0 Å². The first-order valence-corrected chi connectivity index (χ1v) is 8.60. The van der Waals surface area contributed by atoms with Crippen molar-refractivity contribution in [3.05, 3.63) is 78.5 Å². The number of aryl methyl sites for hydroxylation is 1. The molecule has 4 aromatic rings. The second-order valence-corrected chi connectivity index (χ2v) is 6.22. The van der Waals surface area contributed by atoms with Gasteiger partial charge in [-0.05, 0) is 31.2 Å². The van der Waals surface area contributed by atoms with Gasteiger partial charge in [-0.1, -0.05) is 53.2 Å². The third kappa shape index (κ3) is 3.79. The Morgan fingerprint density at radius 2 is 1.81 bits per heavy atom. The quantitative estimate of drug-likeness (QED) is 0.582. The van der Waals surface area contributed by atoms with Crippen molar-refractivity contribution in [2.45, 2.75) is 13.5 Å². The van der Waals surface area contributed by atoms with E-state index in [9.17, 15) is 4.79 Å². The molecule has 0 bridgehead atoms. The number of rotatable bonds is 5. The Kier molecular flexibility index (Phi) is 4.53. The van der Waals surface area contributed by atoms with Gasteiger partial charge in [0.2, 0.25) is 11.7 Å². The summed E-state index contributed by atoms with van der Waals surface area (Å²) in [6, 6.07) is 21.0. The second-order valence-electron chi connectivity index (χ2n) is 6.22. The van der Waals surface area contributed by atoms with Crippen LogP contribution in [-0.4, -0.2) is 20.6 Å². The summed E-state index contributed by atoms with van der Waals surface area (Å²) in [5, 5.41) is 6.93. The number of nitrogens with one attached hydrogen (secondary N) is 1. The molecule has 2 heterocycles. The molecule has 134 valence electrons. The van der Waals surface area contributed by atoms with Gasteiger partial charge in [0.1, 0.15) is 12.2 Å². The van der Waals surface area contributed by atoms with Crippen LogP contribution in [0.4, 0.5) is 5.69 Å². The van der Waals surface area contributed by atoms with E-state index in [2.05, 4.69) is 15.5 Å². The van der Waals surface area contributed by atoms with Gasteiger partial charge in [-0.2, -0.15) is 4.98 Å². The highest BCUT2D eigenvalue weighted by Crippen LogP contribution is 2.22. The Hall–Kier alpha value is -3.67. The molecule has 0 unspecified atom stereocenters. The number of hydrogen-bond donors (Lipinski definition) is 1. The first-order valence-electron chi connectivity index (χ1n) is 8.60. The lowest BCUT2D eigenvalue weighted by atomic mass is 10.2. The zero-order valence-electron chi connectivity index (χ0n) is 14.8. The monoisotopic (exact) mass is 358 g/mol. The molecule has 0 aliphatic rings. The van der Waals surface area contributed by atoms with Gasteiger partial charge in [0.25, 0.3) is 5.89 Å². The zero-order chi connectivity index (χ0) is 18.6. The Balaban J connectivity index is 1.50. The molecule has 6 nitrogen and oxygen atoms in total. The van der Waals surface area contributed by atoms with Gasteiger partial charge >= 0.3 is 0 Å². The summed E-state index contributed by atoms with van der Waals surface area (Å²) in [6.07, 6.45) is 1.82. The summed E-state index contributed by atoms with van der Waals surface area (Å²) in [6.45, 7) is 2.16. The minimum absolute atomic E-state index is 0.126. The van der Waals surface area contributed by atoms with Crippen LogP contribution in [0.5, 0.6) is 0 Å². The minimum atomic E-state index is -0.126. The molecule has 0 spiro atoms.